The highest BCUT2D eigenvalue weighted by molar-refractivity contribution is 6.33. The summed E-state index contributed by atoms with van der Waals surface area (Å²) in [5.74, 6) is 0.789. The summed E-state index contributed by atoms with van der Waals surface area (Å²) in [5.41, 5.74) is 1.95. The van der Waals surface area contributed by atoms with Crippen molar-refractivity contribution in [3.63, 3.8) is 0 Å². The van der Waals surface area contributed by atoms with Crippen LogP contribution in [0.3, 0.4) is 0 Å². The smallest absolute Gasteiger partial charge is 0.158 e. The van der Waals surface area contributed by atoms with Crippen molar-refractivity contribution < 1.29 is 4.74 Å². The molecule has 1 aromatic carbocycles. The number of hydrogen-bond acceptors (Lipinski definition) is 2. The van der Waals surface area contributed by atoms with Crippen LogP contribution in [0.25, 0.3) is 16.7 Å². The maximum atomic E-state index is 6.14. The van der Waals surface area contributed by atoms with Gasteiger partial charge in [0.25, 0.3) is 0 Å². The van der Waals surface area contributed by atoms with Gasteiger partial charge in [-0.05, 0) is 6.07 Å². The van der Waals surface area contributed by atoms with Crippen LogP contribution in [0.15, 0.2) is 30.5 Å². The Bertz CT molecular complexity index is 545. The van der Waals surface area contributed by atoms with Crippen molar-refractivity contribution in [2.45, 2.75) is 0 Å². The van der Waals surface area contributed by atoms with Crippen LogP contribution in [0, 0.1) is 0 Å². The lowest BCUT2D eigenvalue weighted by Crippen LogP contribution is -1.98. The molecule has 4 heteroatoms. The van der Waals surface area contributed by atoms with E-state index in [2.05, 4.69) is 10.3 Å². The van der Waals surface area contributed by atoms with E-state index in [0.717, 1.165) is 22.2 Å². The molecule has 0 saturated carbocycles. The van der Waals surface area contributed by atoms with Gasteiger partial charge in [0.1, 0.15) is 10.9 Å². The van der Waals surface area contributed by atoms with Gasteiger partial charge in [-0.2, -0.15) is 0 Å². The number of benzene rings is 1. The van der Waals surface area contributed by atoms with Crippen LogP contribution in [0.2, 0.25) is 5.15 Å². The van der Waals surface area contributed by atoms with E-state index in [1.54, 1.807) is 0 Å². The molecule has 3 rings (SSSR count). The van der Waals surface area contributed by atoms with Gasteiger partial charge >= 0.3 is 0 Å². The first kappa shape index (κ1) is 8.68. The minimum atomic E-state index is 0.505. The van der Waals surface area contributed by atoms with Gasteiger partial charge in [0.05, 0.1) is 5.56 Å². The molecule has 0 aliphatic carbocycles. The summed E-state index contributed by atoms with van der Waals surface area (Å²) in [6.07, 6.45) is 1.83. The molecule has 2 heterocycles. The second-order valence-electron chi connectivity index (χ2n) is 3.36. The fraction of sp³-hybridized carbons (Fsp3) is 0.0909. The monoisotopic (exact) mass is 220 g/mol. The molecule has 0 fully saturated rings. The lowest BCUT2D eigenvalue weighted by molar-refractivity contribution is 0.291. The molecule has 0 unspecified atom stereocenters. The fourth-order valence-electron chi connectivity index (χ4n) is 1.79. The van der Waals surface area contributed by atoms with E-state index in [-0.39, 0.29) is 0 Å². The van der Waals surface area contributed by atoms with E-state index >= 15 is 0 Å². The van der Waals surface area contributed by atoms with Crippen LogP contribution in [0.4, 0.5) is 0 Å². The highest BCUT2D eigenvalue weighted by Crippen LogP contribution is 2.33. The molecule has 3 nitrogen and oxygen atoms in total. The van der Waals surface area contributed by atoms with Crippen LogP contribution >= 0.6 is 11.6 Å². The van der Waals surface area contributed by atoms with Crippen molar-refractivity contribution >= 4 is 28.3 Å². The van der Waals surface area contributed by atoms with Gasteiger partial charge < -0.3 is 15.0 Å². The van der Waals surface area contributed by atoms with E-state index in [1.165, 1.54) is 0 Å². The molecule has 0 atom stereocenters. The molecule has 1 aliphatic rings. The van der Waals surface area contributed by atoms with Gasteiger partial charge in [-0.3, -0.25) is 0 Å². The molecule has 0 spiro atoms. The van der Waals surface area contributed by atoms with Crippen molar-refractivity contribution in [3.05, 3.63) is 41.2 Å². The average molecular weight is 221 g/mol. The zero-order valence-corrected chi connectivity index (χ0v) is 8.64. The number of halogens is 1. The minimum absolute atomic E-state index is 0.505. The highest BCUT2D eigenvalue weighted by atomic mass is 35.5. The molecule has 15 heavy (non-hydrogen) atoms. The molecule has 2 aromatic rings. The Hall–Kier alpha value is -1.61. The first-order valence-corrected chi connectivity index (χ1v) is 5.07. The van der Waals surface area contributed by atoms with E-state index < -0.39 is 0 Å². The predicted octanol–water partition coefficient (Wildman–Crippen LogP) is 2.70. The van der Waals surface area contributed by atoms with Crippen molar-refractivity contribution in [2.24, 2.45) is 0 Å². The number of fused-ring (bicyclic) bond motifs is 1. The van der Waals surface area contributed by atoms with Crippen molar-refractivity contribution in [1.82, 2.24) is 10.3 Å². The van der Waals surface area contributed by atoms with Gasteiger partial charge in [0, 0.05) is 17.1 Å². The van der Waals surface area contributed by atoms with Gasteiger partial charge in [0.2, 0.25) is 0 Å². The Morgan fingerprint density at radius 1 is 1.27 bits per heavy atom. The van der Waals surface area contributed by atoms with Gasteiger partial charge in [-0.15, -0.1) is 0 Å². The van der Waals surface area contributed by atoms with Crippen molar-refractivity contribution in [2.75, 3.05) is 6.73 Å². The maximum absolute atomic E-state index is 6.14. The molecule has 0 bridgehead atoms. The molecule has 0 radical (unpaired) electrons. The van der Waals surface area contributed by atoms with Crippen LogP contribution in [0.1, 0.15) is 5.56 Å². The molecule has 76 valence electrons. The minimum Gasteiger partial charge on any atom is -0.471 e. The third-order valence-corrected chi connectivity index (χ3v) is 2.73. The fourth-order valence-corrected chi connectivity index (χ4v) is 2.09. The number of hydrogen-bond donors (Lipinski definition) is 2. The summed E-state index contributed by atoms with van der Waals surface area (Å²) in [6, 6.07) is 7.98. The Labute approximate surface area is 91.7 Å². The van der Waals surface area contributed by atoms with Crippen LogP contribution in [0.5, 0.6) is 0 Å². The highest BCUT2D eigenvalue weighted by Gasteiger charge is 2.17. The third kappa shape index (κ3) is 1.27. The topological polar surface area (TPSA) is 37.0 Å². The van der Waals surface area contributed by atoms with Crippen molar-refractivity contribution in [1.29, 1.82) is 0 Å². The summed E-state index contributed by atoms with van der Waals surface area (Å²) < 4.78 is 5.43. The number of aromatic nitrogens is 1. The molecule has 1 aromatic heterocycles. The molecular weight excluding hydrogens is 212 g/mol. The number of ether oxygens (including phenoxy) is 1. The third-order valence-electron chi connectivity index (χ3n) is 2.45. The largest absolute Gasteiger partial charge is 0.471 e. The first-order chi connectivity index (χ1) is 7.36. The Kier molecular flexibility index (Phi) is 1.86. The van der Waals surface area contributed by atoms with Crippen LogP contribution in [-0.4, -0.2) is 11.7 Å². The summed E-state index contributed by atoms with van der Waals surface area (Å²) >= 11 is 6.14. The van der Waals surface area contributed by atoms with Gasteiger partial charge in [-0.25, -0.2) is 0 Å². The molecule has 0 amide bonds. The second kappa shape index (κ2) is 3.21. The van der Waals surface area contributed by atoms with E-state index in [9.17, 15) is 0 Å². The Balaban J connectivity index is 2.28. The first-order valence-electron chi connectivity index (χ1n) is 4.69. The standard InChI is InChI=1S/C11H9ClN2O/c12-11-10(9-5-13-6-15-9)7-3-1-2-4-8(7)14-11/h1-5,13-14H,6H2. The number of nitrogens with one attached hydrogen (secondary N) is 2. The van der Waals surface area contributed by atoms with Crippen LogP contribution < -0.4 is 5.32 Å². The maximum Gasteiger partial charge on any atom is 0.158 e. The summed E-state index contributed by atoms with van der Waals surface area (Å²) in [6.45, 7) is 0.505. The van der Waals surface area contributed by atoms with E-state index in [4.69, 9.17) is 16.3 Å². The van der Waals surface area contributed by atoms with E-state index in [0.29, 0.717) is 11.9 Å². The zero-order valence-electron chi connectivity index (χ0n) is 7.88. The molecule has 0 saturated heterocycles. The molecule has 2 N–H and O–H groups in total. The normalized spacial score (nSPS) is 14.9. The summed E-state index contributed by atoms with van der Waals surface area (Å²) in [7, 11) is 0. The molecule has 1 aliphatic heterocycles. The Morgan fingerprint density at radius 3 is 2.93 bits per heavy atom. The summed E-state index contributed by atoms with van der Waals surface area (Å²) in [5, 5.41) is 4.69. The second-order valence-corrected chi connectivity index (χ2v) is 3.74. The Morgan fingerprint density at radius 2 is 2.13 bits per heavy atom. The number of para-hydroxylation sites is 1. The number of rotatable bonds is 1. The lowest BCUT2D eigenvalue weighted by Gasteiger charge is -2.00. The zero-order chi connectivity index (χ0) is 10.3. The van der Waals surface area contributed by atoms with Crippen LogP contribution in [-0.2, 0) is 4.74 Å². The lowest BCUT2D eigenvalue weighted by atomic mass is 10.1. The summed E-state index contributed by atoms with van der Waals surface area (Å²) in [4.78, 5) is 3.12. The van der Waals surface area contributed by atoms with Crippen molar-refractivity contribution in [3.8, 4) is 0 Å². The number of aromatic amines is 1. The number of H-pyrrole nitrogens is 1. The molecular formula is C11H9ClN2O. The van der Waals surface area contributed by atoms with E-state index in [1.807, 2.05) is 30.5 Å². The quantitative estimate of drug-likeness (QED) is 0.776. The average Bonchev–Trinajstić information content (AvgIpc) is 2.82. The van der Waals surface area contributed by atoms with Gasteiger partial charge in [0.15, 0.2) is 6.73 Å². The SMILES string of the molecule is Clc1[nH]c2ccccc2c1C1=CNCO1. The predicted molar refractivity (Wildman–Crippen MR) is 60.4 cm³/mol. The van der Waals surface area contributed by atoms with Gasteiger partial charge in [-0.1, -0.05) is 29.8 Å².